The van der Waals surface area contributed by atoms with E-state index in [1.165, 1.54) is 19.2 Å². The molecular formula is C21H21NO6. The molecule has 0 bridgehead atoms. The van der Waals surface area contributed by atoms with Crippen LogP contribution < -0.4 is 9.47 Å². The molecule has 0 amide bonds. The molecule has 0 aliphatic heterocycles. The van der Waals surface area contributed by atoms with Crippen LogP contribution in [0, 0.1) is 0 Å². The van der Waals surface area contributed by atoms with Crippen LogP contribution in [0.3, 0.4) is 0 Å². The van der Waals surface area contributed by atoms with Crippen molar-refractivity contribution in [1.29, 1.82) is 0 Å². The molecule has 146 valence electrons. The first-order valence-corrected chi connectivity index (χ1v) is 8.43. The summed E-state index contributed by atoms with van der Waals surface area (Å²) in [7, 11) is 1.48. The second-order valence-corrected chi connectivity index (χ2v) is 5.86. The third-order valence-corrected chi connectivity index (χ3v) is 3.79. The molecule has 0 atom stereocenters. The molecule has 2 aromatic carbocycles. The third-order valence-electron chi connectivity index (χ3n) is 3.79. The van der Waals surface area contributed by atoms with Gasteiger partial charge in [0.1, 0.15) is 0 Å². The maximum atomic E-state index is 10.9. The Morgan fingerprint density at radius 1 is 1.18 bits per heavy atom. The highest BCUT2D eigenvalue weighted by atomic mass is 16.5. The monoisotopic (exact) mass is 383 g/mol. The fourth-order valence-electron chi connectivity index (χ4n) is 2.52. The average molecular weight is 383 g/mol. The zero-order chi connectivity index (χ0) is 20.5. The number of carboxylic acids is 2. The lowest BCUT2D eigenvalue weighted by atomic mass is 10.1. The van der Waals surface area contributed by atoms with Crippen molar-refractivity contribution in [2.75, 3.05) is 13.7 Å². The van der Waals surface area contributed by atoms with Crippen LogP contribution in [-0.2, 0) is 17.8 Å². The van der Waals surface area contributed by atoms with Gasteiger partial charge in [0, 0.05) is 11.8 Å². The molecule has 2 rings (SSSR count). The summed E-state index contributed by atoms with van der Waals surface area (Å²) in [6.07, 6.45) is 3.83. The Hall–Kier alpha value is -3.61. The minimum atomic E-state index is -1.08. The summed E-state index contributed by atoms with van der Waals surface area (Å²) in [6, 6.07) is 10.0. The summed E-state index contributed by atoms with van der Waals surface area (Å²) in [5, 5.41) is 17.8. The summed E-state index contributed by atoms with van der Waals surface area (Å²) in [5.74, 6) is -1.27. The lowest BCUT2D eigenvalue weighted by molar-refractivity contribution is -0.139. The highest BCUT2D eigenvalue weighted by molar-refractivity contribution is 5.87. The van der Waals surface area contributed by atoms with Crippen LogP contribution >= 0.6 is 0 Å². The molecule has 0 spiro atoms. The van der Waals surface area contributed by atoms with E-state index < -0.39 is 18.5 Å². The minimum Gasteiger partial charge on any atom is -0.493 e. The van der Waals surface area contributed by atoms with Crippen molar-refractivity contribution in [2.45, 2.75) is 13.0 Å². The van der Waals surface area contributed by atoms with Crippen molar-refractivity contribution in [3.63, 3.8) is 0 Å². The third kappa shape index (κ3) is 5.70. The van der Waals surface area contributed by atoms with E-state index in [-0.39, 0.29) is 5.56 Å². The molecule has 0 aliphatic carbocycles. The van der Waals surface area contributed by atoms with Crippen LogP contribution in [0.4, 0.5) is 0 Å². The van der Waals surface area contributed by atoms with Crippen LogP contribution in [0.2, 0.25) is 0 Å². The zero-order valence-electron chi connectivity index (χ0n) is 15.4. The molecular weight excluding hydrogens is 362 g/mol. The van der Waals surface area contributed by atoms with Crippen molar-refractivity contribution in [2.24, 2.45) is 4.99 Å². The van der Waals surface area contributed by atoms with Gasteiger partial charge >= 0.3 is 11.9 Å². The number of ether oxygens (including phenoxy) is 2. The van der Waals surface area contributed by atoms with Crippen molar-refractivity contribution in [3.05, 3.63) is 71.3 Å². The topological polar surface area (TPSA) is 105 Å². The summed E-state index contributed by atoms with van der Waals surface area (Å²) >= 11 is 0. The van der Waals surface area contributed by atoms with Gasteiger partial charge in [0.15, 0.2) is 18.1 Å². The fraction of sp³-hybridized carbons (Fsp3) is 0.190. The van der Waals surface area contributed by atoms with Gasteiger partial charge in [0.05, 0.1) is 19.2 Å². The normalized spacial score (nSPS) is 10.6. The number of carbonyl (C=O) groups is 2. The van der Waals surface area contributed by atoms with Gasteiger partial charge in [-0.3, -0.25) is 4.99 Å². The van der Waals surface area contributed by atoms with E-state index in [1.807, 2.05) is 6.07 Å². The van der Waals surface area contributed by atoms with Gasteiger partial charge in [0.25, 0.3) is 0 Å². The fourth-order valence-corrected chi connectivity index (χ4v) is 2.52. The number of carboxylic acid groups (broad SMARTS) is 2. The molecule has 0 radical (unpaired) electrons. The Morgan fingerprint density at radius 3 is 2.46 bits per heavy atom. The first kappa shape index (κ1) is 20.7. The molecule has 7 heteroatoms. The van der Waals surface area contributed by atoms with Crippen LogP contribution in [0.1, 0.15) is 27.0 Å². The van der Waals surface area contributed by atoms with Gasteiger partial charge in [-0.05, 0) is 41.8 Å². The first-order valence-electron chi connectivity index (χ1n) is 8.43. The molecule has 0 fully saturated rings. The summed E-state index contributed by atoms with van der Waals surface area (Å²) in [4.78, 5) is 26.1. The van der Waals surface area contributed by atoms with E-state index in [9.17, 15) is 9.59 Å². The SMILES string of the molecule is C=CCc1cc(C=NCc2ccc(C(=O)O)cc2)cc(OC)c1OCC(=O)O. The largest absolute Gasteiger partial charge is 0.493 e. The first-order chi connectivity index (χ1) is 13.4. The van der Waals surface area contributed by atoms with Crippen LogP contribution in [0.15, 0.2) is 54.0 Å². The van der Waals surface area contributed by atoms with E-state index in [0.717, 1.165) is 16.7 Å². The van der Waals surface area contributed by atoms with E-state index in [2.05, 4.69) is 11.6 Å². The Kier molecular flexibility index (Phi) is 7.33. The minimum absolute atomic E-state index is 0.225. The number of rotatable bonds is 10. The van der Waals surface area contributed by atoms with Crippen molar-refractivity contribution in [3.8, 4) is 11.5 Å². The van der Waals surface area contributed by atoms with Crippen LogP contribution in [0.25, 0.3) is 0 Å². The van der Waals surface area contributed by atoms with Gasteiger partial charge < -0.3 is 19.7 Å². The van der Waals surface area contributed by atoms with Crippen LogP contribution in [-0.4, -0.2) is 42.1 Å². The number of aliphatic imine (C=N–C) groups is 1. The number of hydrogen-bond acceptors (Lipinski definition) is 5. The molecule has 28 heavy (non-hydrogen) atoms. The van der Waals surface area contributed by atoms with Crippen LogP contribution in [0.5, 0.6) is 11.5 Å². The predicted molar refractivity (Wildman–Crippen MR) is 105 cm³/mol. The average Bonchev–Trinajstić information content (AvgIpc) is 2.67. The van der Waals surface area contributed by atoms with Crippen molar-refractivity contribution in [1.82, 2.24) is 0 Å². The quantitative estimate of drug-likeness (QED) is 0.482. The molecule has 0 aliphatic rings. The summed E-state index contributed by atoms with van der Waals surface area (Å²) in [6.45, 7) is 3.62. The Balaban J connectivity index is 2.20. The Bertz CT molecular complexity index is 887. The van der Waals surface area contributed by atoms with E-state index in [1.54, 1.807) is 30.5 Å². The number of allylic oxidation sites excluding steroid dienone is 1. The number of methoxy groups -OCH3 is 1. The molecule has 0 saturated heterocycles. The lowest BCUT2D eigenvalue weighted by Gasteiger charge is -2.14. The maximum absolute atomic E-state index is 10.9. The van der Waals surface area contributed by atoms with Crippen molar-refractivity contribution < 1.29 is 29.3 Å². The smallest absolute Gasteiger partial charge is 0.341 e. The second-order valence-electron chi connectivity index (χ2n) is 5.86. The van der Waals surface area contributed by atoms with Gasteiger partial charge in [-0.15, -0.1) is 6.58 Å². The number of aliphatic carboxylic acids is 1. The number of hydrogen-bond donors (Lipinski definition) is 2. The van der Waals surface area contributed by atoms with Gasteiger partial charge in [-0.2, -0.15) is 0 Å². The maximum Gasteiger partial charge on any atom is 0.341 e. The molecule has 0 aromatic heterocycles. The number of nitrogens with zero attached hydrogens (tertiary/aromatic N) is 1. The van der Waals surface area contributed by atoms with E-state index in [0.29, 0.717) is 24.5 Å². The number of benzene rings is 2. The van der Waals surface area contributed by atoms with Crippen molar-refractivity contribution >= 4 is 18.2 Å². The predicted octanol–water partition coefficient (Wildman–Crippen LogP) is 3.20. The molecule has 2 N–H and O–H groups in total. The zero-order valence-corrected chi connectivity index (χ0v) is 15.4. The highest BCUT2D eigenvalue weighted by Crippen LogP contribution is 2.33. The second kappa shape index (κ2) is 9.91. The van der Waals surface area contributed by atoms with Gasteiger partial charge in [-0.1, -0.05) is 18.2 Å². The molecule has 0 heterocycles. The highest BCUT2D eigenvalue weighted by Gasteiger charge is 2.13. The lowest BCUT2D eigenvalue weighted by Crippen LogP contribution is -2.11. The standard InChI is InChI=1S/C21H21NO6/c1-3-4-17-9-15(10-18(27-2)20(17)28-13-19(23)24)12-22-11-14-5-7-16(8-6-14)21(25)26/h3,5-10,12H,1,4,11,13H2,2H3,(H,23,24)(H,25,26). The number of aromatic carboxylic acids is 1. The van der Waals surface area contributed by atoms with Gasteiger partial charge in [-0.25, -0.2) is 9.59 Å². The Labute approximate surface area is 162 Å². The summed E-state index contributed by atoms with van der Waals surface area (Å²) in [5.41, 5.74) is 2.60. The van der Waals surface area contributed by atoms with E-state index >= 15 is 0 Å². The Morgan fingerprint density at radius 2 is 1.89 bits per heavy atom. The van der Waals surface area contributed by atoms with Gasteiger partial charge in [0.2, 0.25) is 0 Å². The van der Waals surface area contributed by atoms with E-state index in [4.69, 9.17) is 19.7 Å². The molecule has 2 aromatic rings. The molecule has 0 unspecified atom stereocenters. The molecule has 7 nitrogen and oxygen atoms in total. The summed E-state index contributed by atoms with van der Waals surface area (Å²) < 4.78 is 10.7. The molecule has 0 saturated carbocycles.